The number of aryl methyl sites for hydroxylation is 1. The van der Waals surface area contributed by atoms with Gasteiger partial charge in [0.05, 0.1) is 17.7 Å². The largest absolute Gasteiger partial charge is 0.416 e. The zero-order valence-corrected chi connectivity index (χ0v) is 16.5. The number of hydrogen-bond acceptors (Lipinski definition) is 3. The van der Waals surface area contributed by atoms with Gasteiger partial charge in [-0.05, 0) is 42.3 Å². The number of halogens is 4. The van der Waals surface area contributed by atoms with Gasteiger partial charge in [0.25, 0.3) is 5.91 Å². The fourth-order valence-electron chi connectivity index (χ4n) is 3.24. The molecule has 30 heavy (non-hydrogen) atoms. The third-order valence-electron chi connectivity index (χ3n) is 4.97. The molecule has 0 saturated carbocycles. The van der Waals surface area contributed by atoms with Crippen molar-refractivity contribution >= 4 is 17.5 Å². The van der Waals surface area contributed by atoms with Crippen molar-refractivity contribution in [1.82, 2.24) is 9.80 Å². The third kappa shape index (κ3) is 4.96. The lowest BCUT2D eigenvalue weighted by molar-refractivity contribution is -0.138. The molecule has 0 aromatic heterocycles. The van der Waals surface area contributed by atoms with E-state index in [1.807, 2.05) is 0 Å². The number of alkyl halides is 3. The molecule has 160 valence electrons. The first-order valence-electron chi connectivity index (χ1n) is 9.28. The van der Waals surface area contributed by atoms with Crippen molar-refractivity contribution in [1.29, 1.82) is 0 Å². The number of carbonyl (C=O) groups excluding carboxylic acids is 2. The summed E-state index contributed by atoms with van der Waals surface area (Å²) in [7, 11) is 1.65. The molecular formula is C21H21F4N3O2. The second kappa shape index (κ2) is 8.43. The predicted octanol–water partition coefficient (Wildman–Crippen LogP) is 3.68. The topological polar surface area (TPSA) is 52.7 Å². The Balaban J connectivity index is 1.82. The average Bonchev–Trinajstić information content (AvgIpc) is 2.65. The number of anilines is 1. The Morgan fingerprint density at radius 3 is 2.50 bits per heavy atom. The summed E-state index contributed by atoms with van der Waals surface area (Å²) in [6, 6.07) is 7.44. The number of nitrogens with zero attached hydrogens (tertiary/aromatic N) is 2. The molecular weight excluding hydrogens is 402 g/mol. The van der Waals surface area contributed by atoms with Gasteiger partial charge in [-0.1, -0.05) is 12.1 Å². The number of likely N-dealkylation sites (N-methyl/N-ethyl adjacent to an activating group) is 1. The molecule has 1 N–H and O–H groups in total. The highest BCUT2D eigenvalue weighted by Gasteiger charge is 2.34. The van der Waals surface area contributed by atoms with Gasteiger partial charge in [-0.15, -0.1) is 0 Å². The van der Waals surface area contributed by atoms with Crippen molar-refractivity contribution in [2.45, 2.75) is 19.6 Å². The zero-order valence-electron chi connectivity index (χ0n) is 16.5. The Morgan fingerprint density at radius 1 is 1.13 bits per heavy atom. The first kappa shape index (κ1) is 21.8. The smallest absolute Gasteiger partial charge is 0.343 e. The molecule has 5 nitrogen and oxygen atoms in total. The van der Waals surface area contributed by atoms with Crippen LogP contribution in [0.3, 0.4) is 0 Å². The maximum Gasteiger partial charge on any atom is 0.416 e. The molecule has 2 aromatic rings. The SMILES string of the molecule is Cc1ccc(C(=O)Nc2ccc(CN3CCN(C)C(=O)C3)c(C(F)(F)F)c2)c(F)c1. The highest BCUT2D eigenvalue weighted by atomic mass is 19.4. The number of benzene rings is 2. The molecule has 0 bridgehead atoms. The van der Waals surface area contributed by atoms with Crippen LogP contribution in [0.1, 0.15) is 27.0 Å². The second-order valence-electron chi connectivity index (χ2n) is 7.33. The molecule has 1 heterocycles. The van der Waals surface area contributed by atoms with Crippen LogP contribution in [-0.4, -0.2) is 48.3 Å². The molecule has 1 aliphatic rings. The Bertz CT molecular complexity index is 975. The van der Waals surface area contributed by atoms with E-state index in [1.54, 1.807) is 24.9 Å². The van der Waals surface area contributed by atoms with E-state index in [1.165, 1.54) is 29.2 Å². The molecule has 1 aliphatic heterocycles. The fraction of sp³-hybridized carbons (Fsp3) is 0.333. The summed E-state index contributed by atoms with van der Waals surface area (Å²) < 4.78 is 54.9. The van der Waals surface area contributed by atoms with E-state index in [9.17, 15) is 27.2 Å². The minimum absolute atomic E-state index is 0.000585. The summed E-state index contributed by atoms with van der Waals surface area (Å²) in [4.78, 5) is 27.3. The first-order valence-corrected chi connectivity index (χ1v) is 9.28. The summed E-state index contributed by atoms with van der Waals surface area (Å²) in [6.07, 6.45) is -4.65. The monoisotopic (exact) mass is 423 g/mol. The standard InChI is InChI=1S/C21H21F4N3O2/c1-13-3-6-16(18(22)9-13)20(30)26-15-5-4-14(17(10-15)21(23,24)25)11-28-8-7-27(2)19(29)12-28/h3-6,9-10H,7-8,11-12H2,1-2H3,(H,26,30). The Kier molecular flexibility index (Phi) is 6.12. The summed E-state index contributed by atoms with van der Waals surface area (Å²) in [5.41, 5.74) is -0.634. The number of hydrogen-bond donors (Lipinski definition) is 1. The quantitative estimate of drug-likeness (QED) is 0.764. The molecule has 9 heteroatoms. The van der Waals surface area contributed by atoms with Gasteiger partial charge in [0.2, 0.25) is 5.91 Å². The summed E-state index contributed by atoms with van der Waals surface area (Å²) in [6.45, 7) is 2.56. The Labute approximate surface area is 171 Å². The van der Waals surface area contributed by atoms with Crippen molar-refractivity contribution in [2.24, 2.45) is 0 Å². The lowest BCUT2D eigenvalue weighted by Crippen LogP contribution is -2.48. The van der Waals surface area contributed by atoms with E-state index in [0.29, 0.717) is 18.7 Å². The maximum absolute atomic E-state index is 14.0. The third-order valence-corrected chi connectivity index (χ3v) is 4.97. The number of carbonyl (C=O) groups is 2. The second-order valence-corrected chi connectivity index (χ2v) is 7.33. The molecule has 2 aromatic carbocycles. The van der Waals surface area contributed by atoms with E-state index in [-0.39, 0.29) is 35.8 Å². The summed E-state index contributed by atoms with van der Waals surface area (Å²) in [5.74, 6) is -1.74. The van der Waals surface area contributed by atoms with Crippen LogP contribution >= 0.6 is 0 Å². The lowest BCUT2D eigenvalue weighted by atomic mass is 10.0. The van der Waals surface area contributed by atoms with Crippen molar-refractivity contribution in [2.75, 3.05) is 32.0 Å². The molecule has 0 unspecified atom stereocenters. The van der Waals surface area contributed by atoms with Crippen LogP contribution < -0.4 is 5.32 Å². The van der Waals surface area contributed by atoms with Gasteiger partial charge in [0, 0.05) is 32.4 Å². The van der Waals surface area contributed by atoms with Crippen molar-refractivity contribution < 1.29 is 27.2 Å². The first-order chi connectivity index (χ1) is 14.0. The molecule has 2 amide bonds. The number of rotatable bonds is 4. The van der Waals surface area contributed by atoms with Gasteiger partial charge in [-0.2, -0.15) is 13.2 Å². The van der Waals surface area contributed by atoms with E-state index in [2.05, 4.69) is 5.32 Å². The summed E-state index contributed by atoms with van der Waals surface area (Å²) in [5, 5.41) is 2.32. The van der Waals surface area contributed by atoms with Crippen LogP contribution in [0.25, 0.3) is 0 Å². The minimum atomic E-state index is -4.65. The molecule has 3 rings (SSSR count). The molecule has 0 atom stereocenters. The van der Waals surface area contributed by atoms with E-state index in [0.717, 1.165) is 6.07 Å². The number of nitrogens with one attached hydrogen (secondary N) is 1. The lowest BCUT2D eigenvalue weighted by Gasteiger charge is -2.32. The van der Waals surface area contributed by atoms with Crippen molar-refractivity contribution in [3.8, 4) is 0 Å². The van der Waals surface area contributed by atoms with E-state index < -0.39 is 23.5 Å². The van der Waals surface area contributed by atoms with E-state index in [4.69, 9.17) is 0 Å². The minimum Gasteiger partial charge on any atom is -0.343 e. The normalized spacial score (nSPS) is 15.4. The van der Waals surface area contributed by atoms with Crippen LogP contribution in [0.4, 0.5) is 23.2 Å². The molecule has 0 radical (unpaired) electrons. The number of amides is 2. The molecule has 0 aliphatic carbocycles. The Hall–Kier alpha value is -2.94. The van der Waals surface area contributed by atoms with Crippen LogP contribution in [0.5, 0.6) is 0 Å². The van der Waals surface area contributed by atoms with Crippen LogP contribution in [-0.2, 0) is 17.5 Å². The van der Waals surface area contributed by atoms with Crippen LogP contribution in [0.2, 0.25) is 0 Å². The van der Waals surface area contributed by atoms with Crippen molar-refractivity contribution in [3.63, 3.8) is 0 Å². The van der Waals surface area contributed by atoms with Crippen molar-refractivity contribution in [3.05, 3.63) is 64.5 Å². The fourth-order valence-corrected chi connectivity index (χ4v) is 3.24. The maximum atomic E-state index is 14.0. The molecule has 0 spiro atoms. The van der Waals surface area contributed by atoms with Crippen LogP contribution in [0.15, 0.2) is 36.4 Å². The van der Waals surface area contributed by atoms with Gasteiger partial charge < -0.3 is 10.2 Å². The molecule has 1 saturated heterocycles. The predicted molar refractivity (Wildman–Crippen MR) is 103 cm³/mol. The average molecular weight is 423 g/mol. The highest BCUT2D eigenvalue weighted by molar-refractivity contribution is 6.04. The van der Waals surface area contributed by atoms with Gasteiger partial charge in [-0.25, -0.2) is 4.39 Å². The van der Waals surface area contributed by atoms with Gasteiger partial charge in [0.1, 0.15) is 5.82 Å². The van der Waals surface area contributed by atoms with Gasteiger partial charge >= 0.3 is 6.18 Å². The number of piperazine rings is 1. The molecule has 1 fully saturated rings. The van der Waals surface area contributed by atoms with Gasteiger partial charge in [-0.3, -0.25) is 14.5 Å². The Morgan fingerprint density at radius 2 is 1.87 bits per heavy atom. The highest BCUT2D eigenvalue weighted by Crippen LogP contribution is 2.34. The zero-order chi connectivity index (χ0) is 22.1. The van der Waals surface area contributed by atoms with Gasteiger partial charge in [0.15, 0.2) is 0 Å². The van der Waals surface area contributed by atoms with E-state index >= 15 is 0 Å². The van der Waals surface area contributed by atoms with Crippen LogP contribution in [0, 0.1) is 12.7 Å². The summed E-state index contributed by atoms with van der Waals surface area (Å²) >= 11 is 0.